The topological polar surface area (TPSA) is 84.4 Å². The number of nitro groups is 1. The molecule has 0 fully saturated rings. The van der Waals surface area contributed by atoms with Gasteiger partial charge >= 0.3 is 0 Å². The van der Waals surface area contributed by atoms with Gasteiger partial charge in [-0.1, -0.05) is 45.7 Å². The molecule has 6 nitrogen and oxygen atoms in total. The van der Waals surface area contributed by atoms with Crippen molar-refractivity contribution in [3.05, 3.63) is 33.9 Å². The first-order valence-corrected chi connectivity index (χ1v) is 7.52. The van der Waals surface area contributed by atoms with Gasteiger partial charge in [0.15, 0.2) is 0 Å². The van der Waals surface area contributed by atoms with Crippen LogP contribution >= 0.6 is 0 Å². The highest BCUT2D eigenvalue weighted by molar-refractivity contribution is 5.65. The largest absolute Gasteiger partial charge is 0.318 e. The van der Waals surface area contributed by atoms with E-state index in [0.29, 0.717) is 18.2 Å². The van der Waals surface area contributed by atoms with Crippen LogP contribution in [0.1, 0.15) is 39.2 Å². The molecule has 3 N–H and O–H groups in total. The Kier molecular flexibility index (Phi) is 7.11. The van der Waals surface area contributed by atoms with Crippen LogP contribution in [0.25, 0.3) is 0 Å². The average Bonchev–Trinajstić information content (AvgIpc) is 2.50. The molecular weight excluding hydrogens is 268 g/mol. The lowest BCUT2D eigenvalue weighted by Gasteiger charge is -2.26. The molecule has 0 spiro atoms. The van der Waals surface area contributed by atoms with Crippen LogP contribution in [0.5, 0.6) is 0 Å². The number of nitrogen functional groups attached to an aromatic ring is 1. The molecule has 0 atom stereocenters. The number of rotatable bonds is 9. The first-order valence-electron chi connectivity index (χ1n) is 7.52. The van der Waals surface area contributed by atoms with Crippen LogP contribution < -0.4 is 11.3 Å². The summed E-state index contributed by atoms with van der Waals surface area (Å²) in [6.45, 7) is 9.06. The van der Waals surface area contributed by atoms with E-state index in [-0.39, 0.29) is 5.69 Å². The smallest absolute Gasteiger partial charge is 0.293 e. The second-order valence-electron chi connectivity index (χ2n) is 5.22. The Morgan fingerprint density at radius 2 is 2.00 bits per heavy atom. The molecule has 0 aliphatic heterocycles. The van der Waals surface area contributed by atoms with Crippen LogP contribution in [0.4, 0.5) is 11.4 Å². The second-order valence-corrected chi connectivity index (χ2v) is 5.22. The standard InChI is InChI=1S/C15H26N4O2/c1-4-12(5-2)10-18(6-3)11-13-8-7-9-14(19(20)21)15(13)17-16/h7-9,12,17H,4-6,10-11,16H2,1-3H3. The lowest BCUT2D eigenvalue weighted by Crippen LogP contribution is -2.29. The molecule has 118 valence electrons. The SMILES string of the molecule is CCC(CC)CN(CC)Cc1cccc([N+](=O)[O-])c1NN. The predicted molar refractivity (Wildman–Crippen MR) is 85.9 cm³/mol. The van der Waals surface area contributed by atoms with E-state index in [1.807, 2.05) is 6.07 Å². The molecule has 0 saturated carbocycles. The fraction of sp³-hybridized carbons (Fsp3) is 0.600. The van der Waals surface area contributed by atoms with Gasteiger partial charge in [-0.3, -0.25) is 20.9 Å². The minimum absolute atomic E-state index is 0.0218. The minimum Gasteiger partial charge on any atom is -0.318 e. The van der Waals surface area contributed by atoms with Crippen LogP contribution in [-0.2, 0) is 6.54 Å². The summed E-state index contributed by atoms with van der Waals surface area (Å²) in [6.07, 6.45) is 2.29. The molecule has 21 heavy (non-hydrogen) atoms. The van der Waals surface area contributed by atoms with Crippen LogP contribution in [0.15, 0.2) is 18.2 Å². The molecule has 0 saturated heterocycles. The van der Waals surface area contributed by atoms with E-state index in [1.165, 1.54) is 6.07 Å². The maximum absolute atomic E-state index is 11.1. The Hall–Kier alpha value is -1.66. The number of hydrogen-bond acceptors (Lipinski definition) is 5. The number of nitrogens with two attached hydrogens (primary N) is 1. The van der Waals surface area contributed by atoms with Crippen LogP contribution in [0.3, 0.4) is 0 Å². The summed E-state index contributed by atoms with van der Waals surface area (Å²) in [4.78, 5) is 13.0. The Morgan fingerprint density at radius 3 is 2.48 bits per heavy atom. The van der Waals surface area contributed by atoms with Gasteiger partial charge in [0.2, 0.25) is 0 Å². The highest BCUT2D eigenvalue weighted by Crippen LogP contribution is 2.28. The first-order chi connectivity index (χ1) is 10.1. The van der Waals surface area contributed by atoms with Gasteiger partial charge in [-0.2, -0.15) is 0 Å². The van der Waals surface area contributed by atoms with Gasteiger partial charge in [0, 0.05) is 19.2 Å². The van der Waals surface area contributed by atoms with E-state index in [4.69, 9.17) is 5.84 Å². The fourth-order valence-electron chi connectivity index (χ4n) is 2.50. The van der Waals surface area contributed by atoms with Crippen LogP contribution in [0.2, 0.25) is 0 Å². The second kappa shape index (κ2) is 8.59. The number of benzene rings is 1. The molecule has 1 rings (SSSR count). The molecule has 1 aromatic rings. The summed E-state index contributed by atoms with van der Waals surface area (Å²) in [5, 5.41) is 11.1. The maximum Gasteiger partial charge on any atom is 0.293 e. The van der Waals surface area contributed by atoms with Crippen molar-refractivity contribution in [2.75, 3.05) is 18.5 Å². The zero-order valence-electron chi connectivity index (χ0n) is 13.1. The molecule has 0 heterocycles. The molecule has 0 aromatic heterocycles. The highest BCUT2D eigenvalue weighted by atomic mass is 16.6. The van der Waals surface area contributed by atoms with Crippen molar-refractivity contribution < 1.29 is 4.92 Å². The van der Waals surface area contributed by atoms with Gasteiger partial charge in [0.25, 0.3) is 5.69 Å². The molecule has 0 amide bonds. The van der Waals surface area contributed by atoms with Crippen molar-refractivity contribution in [2.45, 2.75) is 40.2 Å². The Morgan fingerprint density at radius 1 is 1.33 bits per heavy atom. The Bertz CT molecular complexity index is 461. The van der Waals surface area contributed by atoms with E-state index >= 15 is 0 Å². The van der Waals surface area contributed by atoms with Gasteiger partial charge in [-0.05, 0) is 18.0 Å². The number of para-hydroxylation sites is 1. The number of hydrogen-bond donors (Lipinski definition) is 2. The Labute approximate surface area is 126 Å². The monoisotopic (exact) mass is 294 g/mol. The lowest BCUT2D eigenvalue weighted by atomic mass is 10.0. The zero-order valence-corrected chi connectivity index (χ0v) is 13.1. The highest BCUT2D eigenvalue weighted by Gasteiger charge is 2.18. The molecule has 0 aliphatic rings. The molecular formula is C15H26N4O2. The van der Waals surface area contributed by atoms with Gasteiger partial charge in [-0.25, -0.2) is 0 Å². The van der Waals surface area contributed by atoms with Crippen LogP contribution in [-0.4, -0.2) is 22.9 Å². The molecule has 0 aliphatic carbocycles. The summed E-state index contributed by atoms with van der Waals surface area (Å²) < 4.78 is 0. The van der Waals surface area contributed by atoms with E-state index in [9.17, 15) is 10.1 Å². The van der Waals surface area contributed by atoms with Crippen molar-refractivity contribution in [1.82, 2.24) is 4.90 Å². The molecule has 6 heteroatoms. The molecule has 1 aromatic carbocycles. The fourth-order valence-corrected chi connectivity index (χ4v) is 2.50. The molecule has 0 radical (unpaired) electrons. The third-order valence-corrected chi connectivity index (χ3v) is 3.98. The third-order valence-electron chi connectivity index (χ3n) is 3.98. The average molecular weight is 294 g/mol. The summed E-state index contributed by atoms with van der Waals surface area (Å²) in [5.74, 6) is 6.14. The van der Waals surface area contributed by atoms with Gasteiger partial charge < -0.3 is 5.43 Å². The van der Waals surface area contributed by atoms with Gasteiger partial charge in [-0.15, -0.1) is 0 Å². The lowest BCUT2D eigenvalue weighted by molar-refractivity contribution is -0.384. The normalized spacial score (nSPS) is 11.1. The minimum atomic E-state index is -0.407. The number of hydrazine groups is 1. The van der Waals surface area contributed by atoms with E-state index in [1.54, 1.807) is 6.07 Å². The van der Waals surface area contributed by atoms with Crippen molar-refractivity contribution >= 4 is 11.4 Å². The number of nitrogens with zero attached hydrogens (tertiary/aromatic N) is 2. The van der Waals surface area contributed by atoms with Crippen molar-refractivity contribution in [1.29, 1.82) is 0 Å². The van der Waals surface area contributed by atoms with E-state index < -0.39 is 4.92 Å². The summed E-state index contributed by atoms with van der Waals surface area (Å²) in [5.41, 5.74) is 3.78. The van der Waals surface area contributed by atoms with Gasteiger partial charge in [0.05, 0.1) is 4.92 Å². The number of nitro benzene ring substituents is 1. The third kappa shape index (κ3) is 4.68. The van der Waals surface area contributed by atoms with Crippen molar-refractivity contribution in [3.63, 3.8) is 0 Å². The predicted octanol–water partition coefficient (Wildman–Crippen LogP) is 3.14. The number of anilines is 1. The molecule has 0 unspecified atom stereocenters. The summed E-state index contributed by atoms with van der Waals surface area (Å²) in [7, 11) is 0. The van der Waals surface area contributed by atoms with Crippen LogP contribution in [0, 0.1) is 16.0 Å². The van der Waals surface area contributed by atoms with E-state index in [2.05, 4.69) is 31.1 Å². The van der Waals surface area contributed by atoms with Crippen molar-refractivity contribution in [3.8, 4) is 0 Å². The van der Waals surface area contributed by atoms with Crippen molar-refractivity contribution in [2.24, 2.45) is 11.8 Å². The number of nitrogens with one attached hydrogen (secondary N) is 1. The summed E-state index contributed by atoms with van der Waals surface area (Å²) in [6, 6.07) is 5.06. The summed E-state index contributed by atoms with van der Waals surface area (Å²) >= 11 is 0. The Balaban J connectivity index is 2.94. The maximum atomic E-state index is 11.1. The van der Waals surface area contributed by atoms with E-state index in [0.717, 1.165) is 31.5 Å². The zero-order chi connectivity index (χ0) is 15.8. The van der Waals surface area contributed by atoms with Gasteiger partial charge in [0.1, 0.15) is 5.69 Å². The quantitative estimate of drug-likeness (QED) is 0.415. The first kappa shape index (κ1) is 17.4. The molecule has 0 bridgehead atoms.